The molecule has 0 atom stereocenters. The minimum Gasteiger partial charge on any atom is -0.384 e. The van der Waals surface area contributed by atoms with Crippen LogP contribution in [-0.4, -0.2) is 46.2 Å². The van der Waals surface area contributed by atoms with Crippen LogP contribution in [0, 0.1) is 6.92 Å². The number of halogens is 3. The van der Waals surface area contributed by atoms with E-state index < -0.39 is 11.7 Å². The van der Waals surface area contributed by atoms with E-state index in [4.69, 9.17) is 10.5 Å². The van der Waals surface area contributed by atoms with E-state index in [-0.39, 0.29) is 17.0 Å². The fraction of sp³-hybridized carbons (Fsp3) is 0.300. The van der Waals surface area contributed by atoms with Crippen molar-refractivity contribution in [3.05, 3.63) is 47.9 Å². The highest BCUT2D eigenvalue weighted by atomic mass is 19.4. The molecule has 3 aromatic heterocycles. The lowest BCUT2D eigenvalue weighted by Crippen LogP contribution is -2.37. The topological polar surface area (TPSA) is 102 Å². The minimum absolute atomic E-state index is 0.113. The second-order valence-corrected chi connectivity index (χ2v) is 7.00. The molecule has 0 aliphatic carbocycles. The Morgan fingerprint density at radius 1 is 1.06 bits per heavy atom. The van der Waals surface area contributed by atoms with Gasteiger partial charge in [-0.2, -0.15) is 18.2 Å². The third kappa shape index (κ3) is 4.82. The number of alkyl halides is 3. The number of aromatic nitrogens is 4. The molecule has 0 spiro atoms. The number of rotatable bonds is 4. The highest BCUT2D eigenvalue weighted by molar-refractivity contribution is 5.70. The van der Waals surface area contributed by atoms with Crippen molar-refractivity contribution < 1.29 is 17.9 Å². The van der Waals surface area contributed by atoms with E-state index in [9.17, 15) is 13.2 Å². The Labute approximate surface area is 176 Å². The van der Waals surface area contributed by atoms with Gasteiger partial charge in [0, 0.05) is 36.6 Å². The van der Waals surface area contributed by atoms with Gasteiger partial charge in [-0.3, -0.25) is 4.98 Å². The quantitative estimate of drug-likeness (QED) is 0.648. The first-order valence-corrected chi connectivity index (χ1v) is 9.54. The molecule has 8 nitrogen and oxygen atoms in total. The number of pyridine rings is 2. The number of nitrogens with one attached hydrogen (secondary N) is 1. The van der Waals surface area contributed by atoms with Crippen molar-refractivity contribution in [1.29, 1.82) is 0 Å². The van der Waals surface area contributed by atoms with Crippen LogP contribution in [0.1, 0.15) is 11.3 Å². The average Bonchev–Trinajstić information content (AvgIpc) is 2.75. The van der Waals surface area contributed by atoms with E-state index in [1.54, 1.807) is 12.1 Å². The van der Waals surface area contributed by atoms with Crippen molar-refractivity contribution in [2.75, 3.05) is 42.3 Å². The zero-order chi connectivity index (χ0) is 22.0. The first-order valence-electron chi connectivity index (χ1n) is 9.54. The molecule has 0 aromatic carbocycles. The normalized spacial score (nSPS) is 14.5. The van der Waals surface area contributed by atoms with Gasteiger partial charge in [0.05, 0.1) is 36.4 Å². The summed E-state index contributed by atoms with van der Waals surface area (Å²) in [5.41, 5.74) is 5.67. The Morgan fingerprint density at radius 3 is 2.52 bits per heavy atom. The second kappa shape index (κ2) is 8.34. The van der Waals surface area contributed by atoms with Gasteiger partial charge < -0.3 is 20.7 Å². The largest absolute Gasteiger partial charge is 0.417 e. The van der Waals surface area contributed by atoms with E-state index in [0.717, 1.165) is 6.07 Å². The number of nitrogen functional groups attached to an aromatic ring is 1. The fourth-order valence-electron chi connectivity index (χ4n) is 3.17. The molecule has 0 bridgehead atoms. The molecule has 1 fully saturated rings. The summed E-state index contributed by atoms with van der Waals surface area (Å²) in [6.45, 7) is 3.55. The molecule has 4 heterocycles. The molecule has 1 saturated heterocycles. The molecule has 31 heavy (non-hydrogen) atoms. The zero-order valence-electron chi connectivity index (χ0n) is 16.6. The van der Waals surface area contributed by atoms with Crippen LogP contribution in [0.2, 0.25) is 0 Å². The summed E-state index contributed by atoms with van der Waals surface area (Å²) in [4.78, 5) is 18.9. The van der Waals surface area contributed by atoms with Crippen LogP contribution in [0.25, 0.3) is 11.3 Å². The van der Waals surface area contributed by atoms with Gasteiger partial charge in [0.25, 0.3) is 0 Å². The number of hydrogen-bond donors (Lipinski definition) is 2. The summed E-state index contributed by atoms with van der Waals surface area (Å²) in [6.07, 6.45) is -1.85. The maximum absolute atomic E-state index is 13.7. The van der Waals surface area contributed by atoms with E-state index in [1.165, 1.54) is 25.4 Å². The molecule has 3 N–H and O–H groups in total. The van der Waals surface area contributed by atoms with E-state index in [2.05, 4.69) is 25.3 Å². The van der Waals surface area contributed by atoms with E-state index in [0.29, 0.717) is 49.6 Å². The number of nitrogens with two attached hydrogens (primary N) is 1. The van der Waals surface area contributed by atoms with Gasteiger partial charge in [0.2, 0.25) is 5.95 Å². The Morgan fingerprint density at radius 2 is 1.84 bits per heavy atom. The van der Waals surface area contributed by atoms with Crippen LogP contribution in [-0.2, 0) is 10.9 Å². The first-order chi connectivity index (χ1) is 14.8. The predicted molar refractivity (Wildman–Crippen MR) is 110 cm³/mol. The van der Waals surface area contributed by atoms with Crippen molar-refractivity contribution in [2.45, 2.75) is 13.1 Å². The minimum atomic E-state index is -4.55. The SMILES string of the molecule is Cc1cc(C(F)(F)F)c(-c2cc(Nc3ccc(N)nc3)nc(N3CCOCC3)n2)cn1. The molecule has 1 aliphatic rings. The van der Waals surface area contributed by atoms with Crippen molar-refractivity contribution in [3.8, 4) is 11.3 Å². The molecule has 0 unspecified atom stereocenters. The molecule has 11 heteroatoms. The fourth-order valence-corrected chi connectivity index (χ4v) is 3.17. The summed E-state index contributed by atoms with van der Waals surface area (Å²) in [5.74, 6) is 0.982. The molecule has 162 valence electrons. The number of ether oxygens (including phenoxy) is 1. The summed E-state index contributed by atoms with van der Waals surface area (Å²) in [5, 5.41) is 3.06. The van der Waals surface area contributed by atoms with Gasteiger partial charge in [-0.15, -0.1) is 0 Å². The molecular weight excluding hydrogens is 411 g/mol. The lowest BCUT2D eigenvalue weighted by Gasteiger charge is -2.27. The van der Waals surface area contributed by atoms with Crippen LogP contribution >= 0.6 is 0 Å². The van der Waals surface area contributed by atoms with Crippen molar-refractivity contribution in [3.63, 3.8) is 0 Å². The molecular formula is C20H20F3N7O. The average molecular weight is 431 g/mol. The van der Waals surface area contributed by atoms with Gasteiger partial charge in [0.1, 0.15) is 11.6 Å². The van der Waals surface area contributed by atoms with Crippen LogP contribution in [0.5, 0.6) is 0 Å². The van der Waals surface area contributed by atoms with Crippen molar-refractivity contribution in [1.82, 2.24) is 19.9 Å². The third-order valence-corrected chi connectivity index (χ3v) is 4.69. The first kappa shape index (κ1) is 20.8. The summed E-state index contributed by atoms with van der Waals surface area (Å²) in [7, 11) is 0. The smallest absolute Gasteiger partial charge is 0.384 e. The van der Waals surface area contributed by atoms with Crippen LogP contribution in [0.4, 0.5) is 36.4 Å². The number of anilines is 4. The predicted octanol–water partition coefficient (Wildman–Crippen LogP) is 3.42. The Hall–Kier alpha value is -3.47. The molecule has 0 amide bonds. The van der Waals surface area contributed by atoms with E-state index in [1.807, 2.05) is 4.90 Å². The highest BCUT2D eigenvalue weighted by Gasteiger charge is 2.35. The lowest BCUT2D eigenvalue weighted by atomic mass is 10.1. The number of morpholine rings is 1. The molecule has 0 saturated carbocycles. The summed E-state index contributed by atoms with van der Waals surface area (Å²) in [6, 6.07) is 5.79. The zero-order valence-corrected chi connectivity index (χ0v) is 16.6. The van der Waals surface area contributed by atoms with E-state index >= 15 is 0 Å². The number of aryl methyl sites for hydroxylation is 1. The highest BCUT2D eigenvalue weighted by Crippen LogP contribution is 2.37. The Bertz CT molecular complexity index is 1070. The summed E-state index contributed by atoms with van der Waals surface area (Å²) >= 11 is 0. The van der Waals surface area contributed by atoms with Gasteiger partial charge in [-0.05, 0) is 25.1 Å². The molecule has 4 rings (SSSR count). The monoisotopic (exact) mass is 431 g/mol. The maximum atomic E-state index is 13.7. The van der Waals surface area contributed by atoms with Gasteiger partial charge in [-0.25, -0.2) is 9.97 Å². The second-order valence-electron chi connectivity index (χ2n) is 7.00. The van der Waals surface area contributed by atoms with Gasteiger partial charge in [-0.1, -0.05) is 0 Å². The van der Waals surface area contributed by atoms with Crippen LogP contribution in [0.3, 0.4) is 0 Å². The molecule has 0 radical (unpaired) electrons. The maximum Gasteiger partial charge on any atom is 0.417 e. The van der Waals surface area contributed by atoms with Crippen molar-refractivity contribution in [2.24, 2.45) is 0 Å². The number of nitrogens with zero attached hydrogens (tertiary/aromatic N) is 5. The van der Waals surface area contributed by atoms with Crippen molar-refractivity contribution >= 4 is 23.3 Å². The van der Waals surface area contributed by atoms with Crippen LogP contribution < -0.4 is 16.0 Å². The van der Waals surface area contributed by atoms with Crippen LogP contribution in [0.15, 0.2) is 36.7 Å². The standard InChI is InChI=1S/C20H20F3N7O/c1-12-8-15(20(21,22)23)14(11-25-12)16-9-18(27-13-2-3-17(24)26-10-13)29-19(28-16)30-4-6-31-7-5-30/h2-3,8-11H,4-7H2,1H3,(H2,24,26)(H,27,28,29). The third-order valence-electron chi connectivity index (χ3n) is 4.69. The lowest BCUT2D eigenvalue weighted by molar-refractivity contribution is -0.137. The molecule has 1 aliphatic heterocycles. The molecule has 3 aromatic rings. The number of hydrogen-bond acceptors (Lipinski definition) is 8. The van der Waals surface area contributed by atoms with Gasteiger partial charge >= 0.3 is 6.18 Å². The van der Waals surface area contributed by atoms with Gasteiger partial charge in [0.15, 0.2) is 0 Å². The Kier molecular flexibility index (Phi) is 5.59. The summed E-state index contributed by atoms with van der Waals surface area (Å²) < 4.78 is 46.5. The Balaban J connectivity index is 1.81.